The molecule has 2 nitrogen and oxygen atoms in total. The molecule has 0 unspecified atom stereocenters. The van der Waals surface area contributed by atoms with Crippen LogP contribution in [0.1, 0.15) is 44.8 Å². The first-order valence-electron chi connectivity index (χ1n) is 7.97. The molecule has 1 aromatic carbocycles. The van der Waals surface area contributed by atoms with E-state index in [1.54, 1.807) is 11.3 Å². The molecular weight excluding hydrogens is 290 g/mol. The van der Waals surface area contributed by atoms with E-state index in [-0.39, 0.29) is 5.91 Å². The van der Waals surface area contributed by atoms with Crippen molar-refractivity contribution < 1.29 is 4.79 Å². The molecule has 1 aliphatic carbocycles. The van der Waals surface area contributed by atoms with Crippen molar-refractivity contribution in [3.8, 4) is 0 Å². The third-order valence-corrected chi connectivity index (χ3v) is 5.25. The molecule has 0 spiro atoms. The van der Waals surface area contributed by atoms with Gasteiger partial charge >= 0.3 is 0 Å². The highest BCUT2D eigenvalue weighted by Crippen LogP contribution is 2.30. The molecule has 2 aromatic rings. The highest BCUT2D eigenvalue weighted by molar-refractivity contribution is 7.09. The van der Waals surface area contributed by atoms with Crippen LogP contribution in [0.25, 0.3) is 0 Å². The molecule has 0 bridgehead atoms. The number of amides is 1. The van der Waals surface area contributed by atoms with Crippen molar-refractivity contribution in [1.29, 1.82) is 0 Å². The van der Waals surface area contributed by atoms with Crippen LogP contribution in [0.5, 0.6) is 0 Å². The molecule has 1 heterocycles. The summed E-state index contributed by atoms with van der Waals surface area (Å²) in [6.07, 6.45) is 3.27. The molecule has 3 heteroatoms. The lowest BCUT2D eigenvalue weighted by molar-refractivity contribution is 0.0744. The van der Waals surface area contributed by atoms with Gasteiger partial charge in [-0.3, -0.25) is 4.79 Å². The first kappa shape index (κ1) is 15.3. The van der Waals surface area contributed by atoms with Crippen LogP contribution in [0.4, 0.5) is 0 Å². The van der Waals surface area contributed by atoms with Crippen molar-refractivity contribution in [1.82, 2.24) is 4.90 Å². The molecule has 1 saturated carbocycles. The SMILES string of the molecule is Cc1cc(C)c(C(=O)N(CCc2cccs2)C2CC2)c(C)c1. The van der Waals surface area contributed by atoms with Gasteiger partial charge in [0.05, 0.1) is 0 Å². The molecule has 0 N–H and O–H groups in total. The van der Waals surface area contributed by atoms with E-state index in [0.717, 1.165) is 42.5 Å². The van der Waals surface area contributed by atoms with Crippen LogP contribution in [-0.2, 0) is 6.42 Å². The summed E-state index contributed by atoms with van der Waals surface area (Å²) >= 11 is 1.77. The minimum atomic E-state index is 0.217. The number of carbonyl (C=O) groups is 1. The number of aryl methyl sites for hydroxylation is 3. The third kappa shape index (κ3) is 3.25. The van der Waals surface area contributed by atoms with E-state index in [2.05, 4.69) is 55.3 Å². The fourth-order valence-electron chi connectivity index (χ4n) is 3.18. The number of carbonyl (C=O) groups excluding carboxylic acids is 1. The third-order valence-electron chi connectivity index (χ3n) is 4.32. The van der Waals surface area contributed by atoms with Gasteiger partial charge in [-0.15, -0.1) is 11.3 Å². The maximum Gasteiger partial charge on any atom is 0.254 e. The largest absolute Gasteiger partial charge is 0.335 e. The Bertz CT molecular complexity index is 648. The Hall–Kier alpha value is -1.61. The Labute approximate surface area is 136 Å². The van der Waals surface area contributed by atoms with Crippen LogP contribution < -0.4 is 0 Å². The maximum atomic E-state index is 13.1. The summed E-state index contributed by atoms with van der Waals surface area (Å²) < 4.78 is 0. The van der Waals surface area contributed by atoms with Crippen molar-refractivity contribution >= 4 is 17.2 Å². The van der Waals surface area contributed by atoms with Crippen LogP contribution in [0.3, 0.4) is 0 Å². The van der Waals surface area contributed by atoms with Crippen LogP contribution in [-0.4, -0.2) is 23.4 Å². The minimum absolute atomic E-state index is 0.217. The van der Waals surface area contributed by atoms with Crippen LogP contribution >= 0.6 is 11.3 Å². The standard InChI is InChI=1S/C19H23NOS/c1-13-11-14(2)18(15(3)12-13)19(21)20(16-6-7-16)9-8-17-5-4-10-22-17/h4-5,10-12,16H,6-9H2,1-3H3. The molecular formula is C19H23NOS. The van der Waals surface area contributed by atoms with Gasteiger partial charge in [-0.2, -0.15) is 0 Å². The van der Waals surface area contributed by atoms with Crippen LogP contribution in [0.2, 0.25) is 0 Å². The quantitative estimate of drug-likeness (QED) is 0.794. The van der Waals surface area contributed by atoms with Gasteiger partial charge in [0.1, 0.15) is 0 Å². The van der Waals surface area contributed by atoms with Gasteiger partial charge in [-0.25, -0.2) is 0 Å². The minimum Gasteiger partial charge on any atom is -0.335 e. The molecule has 1 amide bonds. The Morgan fingerprint density at radius 3 is 2.45 bits per heavy atom. The molecule has 1 aliphatic rings. The first-order valence-corrected chi connectivity index (χ1v) is 8.85. The number of hydrogen-bond acceptors (Lipinski definition) is 2. The Balaban J connectivity index is 1.81. The number of benzene rings is 1. The Morgan fingerprint density at radius 1 is 1.23 bits per heavy atom. The van der Waals surface area contributed by atoms with E-state index >= 15 is 0 Å². The molecule has 0 saturated heterocycles. The number of hydrogen-bond donors (Lipinski definition) is 0. The molecule has 0 atom stereocenters. The second-order valence-electron chi connectivity index (χ2n) is 6.33. The lowest BCUT2D eigenvalue weighted by atomic mass is 9.98. The van der Waals surface area contributed by atoms with Crippen molar-refractivity contribution in [2.45, 2.75) is 46.1 Å². The summed E-state index contributed by atoms with van der Waals surface area (Å²) in [6.45, 7) is 7.02. The van der Waals surface area contributed by atoms with Crippen LogP contribution in [0.15, 0.2) is 29.6 Å². The van der Waals surface area contributed by atoms with Crippen molar-refractivity contribution in [2.75, 3.05) is 6.54 Å². The lowest BCUT2D eigenvalue weighted by Crippen LogP contribution is -2.35. The van der Waals surface area contributed by atoms with Gasteiger partial charge in [0.25, 0.3) is 5.91 Å². The van der Waals surface area contributed by atoms with Crippen molar-refractivity contribution in [2.24, 2.45) is 0 Å². The highest BCUT2D eigenvalue weighted by atomic mass is 32.1. The summed E-state index contributed by atoms with van der Waals surface area (Å²) in [7, 11) is 0. The normalized spacial score (nSPS) is 14.1. The molecule has 1 aromatic heterocycles. The second-order valence-corrected chi connectivity index (χ2v) is 7.37. The number of thiophene rings is 1. The number of nitrogens with zero attached hydrogens (tertiary/aromatic N) is 1. The summed E-state index contributed by atoms with van der Waals surface area (Å²) in [5, 5.41) is 2.10. The molecule has 116 valence electrons. The average Bonchev–Trinajstić information content (AvgIpc) is 3.13. The number of rotatable bonds is 5. The zero-order valence-electron chi connectivity index (χ0n) is 13.6. The maximum absolute atomic E-state index is 13.1. The van der Waals surface area contributed by atoms with Gasteiger partial charge in [0.2, 0.25) is 0 Å². The van der Waals surface area contributed by atoms with Gasteiger partial charge < -0.3 is 4.90 Å². The van der Waals surface area contributed by atoms with E-state index in [0.29, 0.717) is 6.04 Å². The molecule has 22 heavy (non-hydrogen) atoms. The fraction of sp³-hybridized carbons (Fsp3) is 0.421. The van der Waals surface area contributed by atoms with E-state index in [4.69, 9.17) is 0 Å². The lowest BCUT2D eigenvalue weighted by Gasteiger charge is -2.24. The van der Waals surface area contributed by atoms with E-state index in [1.165, 1.54) is 10.4 Å². The average molecular weight is 313 g/mol. The predicted octanol–water partition coefficient (Wildman–Crippen LogP) is 4.52. The van der Waals surface area contributed by atoms with Gasteiger partial charge in [0.15, 0.2) is 0 Å². The summed E-state index contributed by atoms with van der Waals surface area (Å²) in [4.78, 5) is 16.5. The molecule has 1 fully saturated rings. The zero-order chi connectivity index (χ0) is 15.7. The topological polar surface area (TPSA) is 20.3 Å². The zero-order valence-corrected chi connectivity index (χ0v) is 14.4. The summed E-state index contributed by atoms with van der Waals surface area (Å²) in [6, 6.07) is 8.92. The van der Waals surface area contributed by atoms with E-state index in [9.17, 15) is 4.79 Å². The second kappa shape index (κ2) is 6.25. The highest BCUT2D eigenvalue weighted by Gasteiger charge is 2.33. The van der Waals surface area contributed by atoms with Crippen molar-refractivity contribution in [3.63, 3.8) is 0 Å². The Morgan fingerprint density at radius 2 is 1.91 bits per heavy atom. The summed E-state index contributed by atoms with van der Waals surface area (Å²) in [5.41, 5.74) is 4.33. The predicted molar refractivity (Wildman–Crippen MR) is 92.7 cm³/mol. The van der Waals surface area contributed by atoms with Gasteiger partial charge in [-0.05, 0) is 62.6 Å². The molecule has 3 rings (SSSR count). The Kier molecular flexibility index (Phi) is 4.34. The van der Waals surface area contributed by atoms with E-state index < -0.39 is 0 Å². The van der Waals surface area contributed by atoms with Gasteiger partial charge in [0, 0.05) is 23.0 Å². The molecule has 0 aliphatic heterocycles. The molecule has 0 radical (unpaired) electrons. The summed E-state index contributed by atoms with van der Waals surface area (Å²) in [5.74, 6) is 0.217. The van der Waals surface area contributed by atoms with Crippen LogP contribution in [0, 0.1) is 20.8 Å². The fourth-order valence-corrected chi connectivity index (χ4v) is 3.88. The van der Waals surface area contributed by atoms with E-state index in [1.807, 2.05) is 0 Å². The smallest absolute Gasteiger partial charge is 0.254 e. The van der Waals surface area contributed by atoms with Gasteiger partial charge in [-0.1, -0.05) is 23.8 Å². The first-order chi connectivity index (χ1) is 10.6. The monoisotopic (exact) mass is 313 g/mol. The van der Waals surface area contributed by atoms with Crippen molar-refractivity contribution in [3.05, 3.63) is 56.8 Å².